The van der Waals surface area contributed by atoms with Gasteiger partial charge in [0, 0.05) is 31.5 Å². The summed E-state index contributed by atoms with van der Waals surface area (Å²) in [6.07, 6.45) is 0. The van der Waals surface area contributed by atoms with Crippen LogP contribution in [-0.4, -0.2) is 31.1 Å². The molecule has 2 aromatic rings. The third-order valence-corrected chi connectivity index (χ3v) is 4.34. The van der Waals surface area contributed by atoms with Gasteiger partial charge in [-0.05, 0) is 13.8 Å². The van der Waals surface area contributed by atoms with Crippen molar-refractivity contribution in [2.45, 2.75) is 31.3 Å². The normalized spacial score (nSPS) is 11.2. The van der Waals surface area contributed by atoms with Crippen LogP contribution in [0.25, 0.3) is 0 Å². The molecule has 104 valence electrons. The van der Waals surface area contributed by atoms with Crippen molar-refractivity contribution in [1.29, 1.82) is 0 Å². The molecule has 6 nitrogen and oxygen atoms in total. The van der Waals surface area contributed by atoms with Crippen LogP contribution in [-0.2, 0) is 19.3 Å². The molecule has 0 aliphatic heterocycles. The standard InChI is InChI=1S/C11H17ClN6S/c1-7-9(10(12)17(3)16-7)6-19-11-15-14-8(2)18(11)5-4-13/h4-6,13H2,1-3H3. The molecule has 2 aromatic heterocycles. The number of halogens is 1. The lowest BCUT2D eigenvalue weighted by Crippen LogP contribution is -2.12. The van der Waals surface area contributed by atoms with Gasteiger partial charge in [-0.25, -0.2) is 0 Å². The summed E-state index contributed by atoms with van der Waals surface area (Å²) in [6.45, 7) is 5.17. The molecule has 2 heterocycles. The summed E-state index contributed by atoms with van der Waals surface area (Å²) >= 11 is 7.81. The van der Waals surface area contributed by atoms with Gasteiger partial charge in [0.05, 0.1) is 5.69 Å². The summed E-state index contributed by atoms with van der Waals surface area (Å²) in [5, 5.41) is 14.1. The van der Waals surface area contributed by atoms with Crippen molar-refractivity contribution in [2.24, 2.45) is 12.8 Å². The highest BCUT2D eigenvalue weighted by Gasteiger charge is 2.14. The van der Waals surface area contributed by atoms with Gasteiger partial charge < -0.3 is 10.3 Å². The molecule has 0 saturated carbocycles. The summed E-state index contributed by atoms with van der Waals surface area (Å²) < 4.78 is 3.70. The van der Waals surface area contributed by atoms with Crippen LogP contribution in [0.1, 0.15) is 17.1 Å². The second-order valence-corrected chi connectivity index (χ2v) is 5.54. The van der Waals surface area contributed by atoms with Gasteiger partial charge in [0.15, 0.2) is 5.16 Å². The van der Waals surface area contributed by atoms with E-state index in [1.54, 1.807) is 16.4 Å². The first-order valence-corrected chi connectivity index (χ1v) is 7.31. The quantitative estimate of drug-likeness (QED) is 0.848. The van der Waals surface area contributed by atoms with Gasteiger partial charge in [-0.15, -0.1) is 10.2 Å². The van der Waals surface area contributed by atoms with Gasteiger partial charge >= 0.3 is 0 Å². The number of nitrogens with two attached hydrogens (primary N) is 1. The van der Waals surface area contributed by atoms with Crippen molar-refractivity contribution in [3.8, 4) is 0 Å². The lowest BCUT2D eigenvalue weighted by molar-refractivity contribution is 0.627. The maximum absolute atomic E-state index is 6.21. The first-order chi connectivity index (χ1) is 9.04. The lowest BCUT2D eigenvalue weighted by atomic mass is 10.3. The van der Waals surface area contributed by atoms with Crippen molar-refractivity contribution in [3.05, 3.63) is 22.2 Å². The summed E-state index contributed by atoms with van der Waals surface area (Å²) in [6, 6.07) is 0. The topological polar surface area (TPSA) is 74.5 Å². The zero-order valence-corrected chi connectivity index (χ0v) is 12.8. The largest absolute Gasteiger partial charge is 0.329 e. The molecule has 0 spiro atoms. The first-order valence-electron chi connectivity index (χ1n) is 5.95. The monoisotopic (exact) mass is 300 g/mol. The molecule has 19 heavy (non-hydrogen) atoms. The van der Waals surface area contributed by atoms with E-state index in [4.69, 9.17) is 17.3 Å². The van der Waals surface area contributed by atoms with Crippen LogP contribution >= 0.6 is 23.4 Å². The Hall–Kier alpha value is -1.05. The van der Waals surface area contributed by atoms with Gasteiger partial charge in [-0.3, -0.25) is 4.68 Å². The highest BCUT2D eigenvalue weighted by atomic mass is 35.5. The average Bonchev–Trinajstić information content (AvgIpc) is 2.82. The van der Waals surface area contributed by atoms with Crippen molar-refractivity contribution in [1.82, 2.24) is 24.5 Å². The second-order valence-electron chi connectivity index (χ2n) is 4.24. The van der Waals surface area contributed by atoms with E-state index < -0.39 is 0 Å². The van der Waals surface area contributed by atoms with E-state index in [1.165, 1.54) is 0 Å². The van der Waals surface area contributed by atoms with Crippen LogP contribution < -0.4 is 5.73 Å². The fraction of sp³-hybridized carbons (Fsp3) is 0.545. The first kappa shape index (κ1) is 14.4. The Balaban J connectivity index is 2.14. The smallest absolute Gasteiger partial charge is 0.191 e. The van der Waals surface area contributed by atoms with E-state index in [9.17, 15) is 0 Å². The molecule has 0 radical (unpaired) electrons. The zero-order chi connectivity index (χ0) is 14.0. The van der Waals surface area contributed by atoms with Crippen LogP contribution in [0.4, 0.5) is 0 Å². The average molecular weight is 301 g/mol. The molecule has 2 rings (SSSR count). The number of hydrogen-bond acceptors (Lipinski definition) is 5. The minimum Gasteiger partial charge on any atom is -0.329 e. The number of thioether (sulfide) groups is 1. The Morgan fingerprint density at radius 1 is 1.32 bits per heavy atom. The third-order valence-electron chi connectivity index (χ3n) is 2.87. The molecule has 0 amide bonds. The summed E-state index contributed by atoms with van der Waals surface area (Å²) in [7, 11) is 1.84. The molecule has 0 aromatic carbocycles. The SMILES string of the molecule is Cc1nn(C)c(Cl)c1CSc1nnc(C)n1CCN. The second kappa shape index (κ2) is 5.94. The molecule has 2 N–H and O–H groups in total. The van der Waals surface area contributed by atoms with Gasteiger partial charge in [-0.2, -0.15) is 5.10 Å². The summed E-state index contributed by atoms with van der Waals surface area (Å²) in [5.74, 6) is 1.60. The number of aryl methyl sites for hydroxylation is 3. The number of rotatable bonds is 5. The molecule has 0 bridgehead atoms. The predicted octanol–water partition coefficient (Wildman–Crippen LogP) is 1.53. The van der Waals surface area contributed by atoms with Crippen molar-refractivity contribution in [2.75, 3.05) is 6.54 Å². The molecular formula is C11H17ClN6S. The molecule has 8 heteroatoms. The molecular weight excluding hydrogens is 284 g/mol. The van der Waals surface area contributed by atoms with Crippen molar-refractivity contribution in [3.63, 3.8) is 0 Å². The van der Waals surface area contributed by atoms with Gasteiger partial charge in [0.1, 0.15) is 11.0 Å². The minimum atomic E-state index is 0.569. The Kier molecular flexibility index (Phi) is 4.49. The summed E-state index contributed by atoms with van der Waals surface area (Å²) in [4.78, 5) is 0. The fourth-order valence-electron chi connectivity index (χ4n) is 1.83. The molecule has 0 atom stereocenters. The van der Waals surface area contributed by atoms with E-state index in [1.807, 2.05) is 25.5 Å². The Morgan fingerprint density at radius 3 is 2.63 bits per heavy atom. The minimum absolute atomic E-state index is 0.569. The van der Waals surface area contributed by atoms with Crippen LogP contribution in [0.2, 0.25) is 5.15 Å². The fourth-order valence-corrected chi connectivity index (χ4v) is 3.25. The van der Waals surface area contributed by atoms with E-state index in [0.29, 0.717) is 11.7 Å². The number of nitrogens with zero attached hydrogens (tertiary/aromatic N) is 5. The molecule has 0 aliphatic rings. The maximum Gasteiger partial charge on any atom is 0.191 e. The Labute approximate surface area is 121 Å². The molecule has 0 aliphatic carbocycles. The molecule has 0 fully saturated rings. The highest BCUT2D eigenvalue weighted by Crippen LogP contribution is 2.27. The Bertz CT molecular complexity index is 576. The van der Waals surface area contributed by atoms with Gasteiger partial charge in [0.2, 0.25) is 0 Å². The van der Waals surface area contributed by atoms with E-state index >= 15 is 0 Å². The van der Waals surface area contributed by atoms with Crippen molar-refractivity contribution < 1.29 is 0 Å². The van der Waals surface area contributed by atoms with Crippen LogP contribution in [0.5, 0.6) is 0 Å². The van der Waals surface area contributed by atoms with Crippen LogP contribution in [0.3, 0.4) is 0 Å². The van der Waals surface area contributed by atoms with E-state index in [0.717, 1.165) is 34.5 Å². The van der Waals surface area contributed by atoms with Gasteiger partial charge in [-0.1, -0.05) is 23.4 Å². The van der Waals surface area contributed by atoms with E-state index in [2.05, 4.69) is 15.3 Å². The van der Waals surface area contributed by atoms with Crippen LogP contribution in [0.15, 0.2) is 5.16 Å². The van der Waals surface area contributed by atoms with Crippen LogP contribution in [0, 0.1) is 13.8 Å². The summed E-state index contributed by atoms with van der Waals surface area (Å²) in [5.41, 5.74) is 7.58. The highest BCUT2D eigenvalue weighted by molar-refractivity contribution is 7.98. The third kappa shape index (κ3) is 2.93. The van der Waals surface area contributed by atoms with E-state index in [-0.39, 0.29) is 0 Å². The predicted molar refractivity (Wildman–Crippen MR) is 76.3 cm³/mol. The molecule has 0 saturated heterocycles. The van der Waals surface area contributed by atoms with Crippen molar-refractivity contribution >= 4 is 23.4 Å². The number of hydrogen-bond donors (Lipinski definition) is 1. The molecule has 0 unspecified atom stereocenters. The zero-order valence-electron chi connectivity index (χ0n) is 11.2. The lowest BCUT2D eigenvalue weighted by Gasteiger charge is -2.06. The van der Waals surface area contributed by atoms with Gasteiger partial charge in [0.25, 0.3) is 0 Å². The maximum atomic E-state index is 6.21. The Morgan fingerprint density at radius 2 is 2.05 bits per heavy atom. The number of aromatic nitrogens is 5.